The number of hydrogen-bond donors (Lipinski definition) is 2. The molecule has 0 unspecified atom stereocenters. The van der Waals surface area contributed by atoms with Gasteiger partial charge >= 0.3 is 0 Å². The molecule has 1 saturated carbocycles. The van der Waals surface area contributed by atoms with E-state index in [0.717, 1.165) is 22.9 Å². The monoisotopic (exact) mass is 380 g/mol. The van der Waals surface area contributed by atoms with Crippen LogP contribution in [0.25, 0.3) is 0 Å². The summed E-state index contributed by atoms with van der Waals surface area (Å²) in [6, 6.07) is 5.74. The molecule has 1 aromatic rings. The van der Waals surface area contributed by atoms with E-state index in [0.29, 0.717) is 12.1 Å². The van der Waals surface area contributed by atoms with Gasteiger partial charge in [-0.15, -0.1) is 0 Å². The highest BCUT2D eigenvalue weighted by molar-refractivity contribution is 9.10. The fourth-order valence-electron chi connectivity index (χ4n) is 3.08. The van der Waals surface area contributed by atoms with Gasteiger partial charge in [-0.1, -0.05) is 15.9 Å². The summed E-state index contributed by atoms with van der Waals surface area (Å²) in [5.74, 6) is -0.333. The highest BCUT2D eigenvalue weighted by atomic mass is 79.9. The van der Waals surface area contributed by atoms with Crippen LogP contribution < -0.4 is 5.32 Å². The molecule has 0 bridgehead atoms. The van der Waals surface area contributed by atoms with Crippen LogP contribution in [0.15, 0.2) is 22.7 Å². The number of rotatable bonds is 4. The smallest absolute Gasteiger partial charge is 0.254 e. The third-order valence-corrected chi connectivity index (χ3v) is 4.96. The van der Waals surface area contributed by atoms with Crippen LogP contribution in [-0.2, 0) is 10.2 Å². The zero-order valence-electron chi connectivity index (χ0n) is 13.4. The maximum atomic E-state index is 12.7. The van der Waals surface area contributed by atoms with Crippen molar-refractivity contribution in [1.82, 2.24) is 10.2 Å². The minimum Gasteiger partial charge on any atom is -0.389 e. The molecule has 1 aliphatic carbocycles. The van der Waals surface area contributed by atoms with Gasteiger partial charge in [0, 0.05) is 28.5 Å². The van der Waals surface area contributed by atoms with Crippen molar-refractivity contribution in [2.45, 2.75) is 37.7 Å². The second kappa shape index (κ2) is 5.60. The maximum Gasteiger partial charge on any atom is 0.254 e. The summed E-state index contributed by atoms with van der Waals surface area (Å²) in [4.78, 5) is 26.4. The molecular formula is C17H21BrN2O3. The SMILES string of the molecule is CC(C)(O)CNC(=O)CN1CC2(CC2)c2cc(Br)ccc2C1=O. The normalized spacial score (nSPS) is 18.8. The van der Waals surface area contributed by atoms with Crippen LogP contribution in [0.3, 0.4) is 0 Å². The molecule has 23 heavy (non-hydrogen) atoms. The number of hydrogen-bond acceptors (Lipinski definition) is 3. The van der Waals surface area contributed by atoms with Crippen LogP contribution >= 0.6 is 15.9 Å². The average molecular weight is 381 g/mol. The van der Waals surface area contributed by atoms with Crippen LogP contribution in [0, 0.1) is 0 Å². The van der Waals surface area contributed by atoms with E-state index < -0.39 is 5.60 Å². The Morgan fingerprint density at radius 3 is 2.74 bits per heavy atom. The molecule has 3 rings (SSSR count). The average Bonchev–Trinajstić information content (AvgIpc) is 3.22. The molecule has 1 aliphatic heterocycles. The number of nitrogens with zero attached hydrogens (tertiary/aromatic N) is 1. The molecule has 2 N–H and O–H groups in total. The van der Waals surface area contributed by atoms with Gasteiger partial charge < -0.3 is 15.3 Å². The number of amides is 2. The number of benzene rings is 1. The minimum atomic E-state index is -0.960. The van der Waals surface area contributed by atoms with Crippen molar-refractivity contribution >= 4 is 27.7 Å². The molecule has 124 valence electrons. The lowest BCUT2D eigenvalue weighted by molar-refractivity contribution is -0.122. The highest BCUT2D eigenvalue weighted by Gasteiger charge is 2.51. The second-order valence-electron chi connectivity index (χ2n) is 7.22. The number of carbonyl (C=O) groups is 2. The van der Waals surface area contributed by atoms with Gasteiger partial charge in [-0.05, 0) is 50.5 Å². The van der Waals surface area contributed by atoms with Gasteiger partial charge in [0.25, 0.3) is 5.91 Å². The Kier molecular flexibility index (Phi) is 4.01. The zero-order valence-corrected chi connectivity index (χ0v) is 14.9. The predicted octanol–water partition coefficient (Wildman–Crippen LogP) is 1.82. The van der Waals surface area contributed by atoms with Gasteiger partial charge in [0.15, 0.2) is 0 Å². The van der Waals surface area contributed by atoms with Gasteiger partial charge in [0.05, 0.1) is 12.1 Å². The molecule has 1 aromatic carbocycles. The lowest BCUT2D eigenvalue weighted by Gasteiger charge is -2.34. The van der Waals surface area contributed by atoms with Crippen molar-refractivity contribution in [3.8, 4) is 0 Å². The van der Waals surface area contributed by atoms with Crippen molar-refractivity contribution in [2.75, 3.05) is 19.6 Å². The molecule has 0 radical (unpaired) electrons. The lowest BCUT2D eigenvalue weighted by atomic mass is 9.86. The van der Waals surface area contributed by atoms with Gasteiger partial charge in [0.1, 0.15) is 0 Å². The standard InChI is InChI=1S/C17H21BrN2O3/c1-16(2,23)9-19-14(21)8-20-10-17(5-6-17)13-7-11(18)3-4-12(13)15(20)22/h3-4,7,23H,5-6,8-10H2,1-2H3,(H,19,21). The summed E-state index contributed by atoms with van der Waals surface area (Å²) in [7, 11) is 0. The van der Waals surface area contributed by atoms with Crippen molar-refractivity contribution < 1.29 is 14.7 Å². The Bertz CT molecular complexity index is 662. The van der Waals surface area contributed by atoms with Crippen LogP contribution in [0.2, 0.25) is 0 Å². The Labute approximate surface area is 144 Å². The third-order valence-electron chi connectivity index (χ3n) is 4.47. The Morgan fingerprint density at radius 2 is 2.13 bits per heavy atom. The van der Waals surface area contributed by atoms with Crippen LogP contribution in [0.5, 0.6) is 0 Å². The first-order valence-electron chi connectivity index (χ1n) is 7.79. The molecule has 0 atom stereocenters. The minimum absolute atomic E-state index is 0.0174. The number of aliphatic hydroxyl groups is 1. The van der Waals surface area contributed by atoms with E-state index in [9.17, 15) is 14.7 Å². The predicted molar refractivity (Wildman–Crippen MR) is 90.3 cm³/mol. The fourth-order valence-corrected chi connectivity index (χ4v) is 3.45. The number of fused-ring (bicyclic) bond motifs is 2. The molecule has 5 nitrogen and oxygen atoms in total. The van der Waals surface area contributed by atoms with E-state index in [2.05, 4.69) is 21.2 Å². The van der Waals surface area contributed by atoms with Crippen LogP contribution in [0.1, 0.15) is 42.6 Å². The summed E-state index contributed by atoms with van der Waals surface area (Å²) in [6.45, 7) is 4.05. The van der Waals surface area contributed by atoms with Crippen molar-refractivity contribution in [3.05, 3.63) is 33.8 Å². The largest absolute Gasteiger partial charge is 0.389 e. The van der Waals surface area contributed by atoms with Gasteiger partial charge in [-0.3, -0.25) is 9.59 Å². The first-order valence-corrected chi connectivity index (χ1v) is 8.58. The fraction of sp³-hybridized carbons (Fsp3) is 0.529. The van der Waals surface area contributed by atoms with Crippen LogP contribution in [-0.4, -0.2) is 47.1 Å². The van der Waals surface area contributed by atoms with Gasteiger partial charge in [-0.25, -0.2) is 0 Å². The van der Waals surface area contributed by atoms with E-state index in [1.54, 1.807) is 18.7 Å². The van der Waals surface area contributed by atoms with E-state index in [1.807, 2.05) is 18.2 Å². The summed E-state index contributed by atoms with van der Waals surface area (Å²) >= 11 is 3.47. The molecule has 0 aromatic heterocycles. The van der Waals surface area contributed by atoms with E-state index in [-0.39, 0.29) is 30.3 Å². The van der Waals surface area contributed by atoms with E-state index in [4.69, 9.17) is 0 Å². The molecule has 1 fully saturated rings. The van der Waals surface area contributed by atoms with Gasteiger partial charge in [0.2, 0.25) is 5.91 Å². The maximum absolute atomic E-state index is 12.7. The highest BCUT2D eigenvalue weighted by Crippen LogP contribution is 2.52. The lowest BCUT2D eigenvalue weighted by Crippen LogP contribution is -2.49. The molecule has 0 saturated heterocycles. The third kappa shape index (κ3) is 3.43. The Hall–Kier alpha value is -1.40. The Balaban J connectivity index is 1.75. The van der Waals surface area contributed by atoms with E-state index >= 15 is 0 Å². The zero-order chi connectivity index (χ0) is 16.8. The van der Waals surface area contributed by atoms with Crippen molar-refractivity contribution in [2.24, 2.45) is 0 Å². The van der Waals surface area contributed by atoms with E-state index in [1.165, 1.54) is 0 Å². The Morgan fingerprint density at radius 1 is 1.43 bits per heavy atom. The summed E-state index contributed by atoms with van der Waals surface area (Å²) in [6.07, 6.45) is 2.09. The number of nitrogens with one attached hydrogen (secondary N) is 1. The van der Waals surface area contributed by atoms with Crippen molar-refractivity contribution in [1.29, 1.82) is 0 Å². The van der Waals surface area contributed by atoms with Gasteiger partial charge in [-0.2, -0.15) is 0 Å². The quantitative estimate of drug-likeness (QED) is 0.836. The number of carbonyl (C=O) groups excluding carboxylic acids is 2. The number of halogens is 1. The molecule has 1 heterocycles. The molecule has 2 aliphatic rings. The molecule has 1 spiro atoms. The molecule has 6 heteroatoms. The summed E-state index contributed by atoms with van der Waals surface area (Å²) < 4.78 is 0.978. The second-order valence-corrected chi connectivity index (χ2v) is 8.14. The molecular weight excluding hydrogens is 360 g/mol. The first-order chi connectivity index (χ1) is 10.7. The topological polar surface area (TPSA) is 69.6 Å². The summed E-state index contributed by atoms with van der Waals surface area (Å²) in [5.41, 5.74) is 0.860. The summed E-state index contributed by atoms with van der Waals surface area (Å²) in [5, 5.41) is 12.4. The first kappa shape index (κ1) is 16.5. The van der Waals surface area contributed by atoms with Crippen LogP contribution in [0.4, 0.5) is 0 Å². The molecule has 2 amide bonds. The van der Waals surface area contributed by atoms with Crippen molar-refractivity contribution in [3.63, 3.8) is 0 Å².